The number of carboxylic acid groups (broad SMARTS) is 1. The molecule has 21 heavy (non-hydrogen) atoms. The molecule has 6 heteroatoms. The number of nitrogens with one attached hydrogen (secondary N) is 1. The highest BCUT2D eigenvalue weighted by atomic mass is 35.5. The van der Waals surface area contributed by atoms with Gasteiger partial charge in [0.05, 0.1) is 25.5 Å². The third kappa shape index (κ3) is 3.67. The molecule has 2 N–H and O–H groups in total. The molecule has 1 saturated carbocycles. The summed E-state index contributed by atoms with van der Waals surface area (Å²) >= 11 is 6.10. The first-order valence-corrected chi connectivity index (χ1v) is 7.18. The molecule has 1 aliphatic rings. The highest BCUT2D eigenvalue weighted by Crippen LogP contribution is 2.35. The number of rotatable bonds is 6. The molecule has 1 amide bonds. The van der Waals surface area contributed by atoms with Crippen LogP contribution in [-0.4, -0.2) is 29.6 Å². The second-order valence-electron chi connectivity index (χ2n) is 5.35. The minimum atomic E-state index is -0.898. The van der Waals surface area contributed by atoms with Crippen LogP contribution < -0.4 is 10.1 Å². The van der Waals surface area contributed by atoms with Crippen LogP contribution in [0.4, 0.5) is 0 Å². The molecule has 0 aromatic heterocycles. The summed E-state index contributed by atoms with van der Waals surface area (Å²) in [6, 6.07) is 5.19. The van der Waals surface area contributed by atoms with Crippen LogP contribution >= 0.6 is 11.6 Å². The molecule has 0 atom stereocenters. The normalized spacial score (nSPS) is 15.9. The molecule has 5 nitrogen and oxygen atoms in total. The third-order valence-electron chi connectivity index (χ3n) is 3.84. The van der Waals surface area contributed by atoms with E-state index in [1.165, 1.54) is 7.11 Å². The Morgan fingerprint density at radius 3 is 2.67 bits per heavy atom. The van der Waals surface area contributed by atoms with Crippen molar-refractivity contribution >= 4 is 23.5 Å². The van der Waals surface area contributed by atoms with Gasteiger partial charge in [-0.05, 0) is 31.4 Å². The van der Waals surface area contributed by atoms with E-state index in [1.54, 1.807) is 18.2 Å². The Hall–Kier alpha value is -1.75. The molecule has 2 rings (SSSR count). The second-order valence-corrected chi connectivity index (χ2v) is 5.76. The van der Waals surface area contributed by atoms with Gasteiger partial charge < -0.3 is 15.2 Å². The van der Waals surface area contributed by atoms with E-state index >= 15 is 0 Å². The zero-order chi connectivity index (χ0) is 15.5. The van der Waals surface area contributed by atoms with E-state index in [1.807, 2.05) is 0 Å². The minimum absolute atomic E-state index is 0.0433. The van der Waals surface area contributed by atoms with Crippen LogP contribution in [-0.2, 0) is 16.0 Å². The summed E-state index contributed by atoms with van der Waals surface area (Å²) in [6.07, 6.45) is 2.36. The first-order valence-electron chi connectivity index (χ1n) is 6.80. The van der Waals surface area contributed by atoms with E-state index in [-0.39, 0.29) is 18.7 Å². The molecular formula is C15H18ClNO4. The number of hydrogen-bond donors (Lipinski definition) is 2. The number of hydrogen-bond acceptors (Lipinski definition) is 3. The molecule has 1 aromatic rings. The lowest BCUT2D eigenvalue weighted by Gasteiger charge is -2.41. The van der Waals surface area contributed by atoms with E-state index in [2.05, 4.69) is 5.32 Å². The highest BCUT2D eigenvalue weighted by molar-refractivity contribution is 6.31. The summed E-state index contributed by atoms with van der Waals surface area (Å²) in [4.78, 5) is 23.1. The van der Waals surface area contributed by atoms with Crippen molar-refractivity contribution in [1.29, 1.82) is 0 Å². The number of carbonyl (C=O) groups excluding carboxylic acids is 1. The highest BCUT2D eigenvalue weighted by Gasteiger charge is 2.40. The molecule has 1 fully saturated rings. The topological polar surface area (TPSA) is 75.6 Å². The van der Waals surface area contributed by atoms with Crippen LogP contribution in [0, 0.1) is 0 Å². The van der Waals surface area contributed by atoms with Gasteiger partial charge in [-0.2, -0.15) is 0 Å². The van der Waals surface area contributed by atoms with Gasteiger partial charge in [0, 0.05) is 10.6 Å². The van der Waals surface area contributed by atoms with Crippen LogP contribution in [0.2, 0.25) is 5.02 Å². The molecule has 0 saturated heterocycles. The Balaban J connectivity index is 2.07. The number of carboxylic acids is 1. The van der Waals surface area contributed by atoms with Gasteiger partial charge in [-0.15, -0.1) is 0 Å². The maximum atomic E-state index is 12.2. The maximum absolute atomic E-state index is 12.2. The molecule has 0 aliphatic heterocycles. The Bertz CT molecular complexity index is 555. The molecule has 0 bridgehead atoms. The molecular weight excluding hydrogens is 294 g/mol. The lowest BCUT2D eigenvalue weighted by atomic mass is 9.74. The fourth-order valence-electron chi connectivity index (χ4n) is 2.64. The Kier molecular flexibility index (Phi) is 4.73. The summed E-state index contributed by atoms with van der Waals surface area (Å²) in [6.45, 7) is 0. The van der Waals surface area contributed by atoms with Crippen LogP contribution in [0.5, 0.6) is 5.75 Å². The van der Waals surface area contributed by atoms with E-state index in [0.29, 0.717) is 29.2 Å². The molecule has 114 valence electrons. The summed E-state index contributed by atoms with van der Waals surface area (Å²) in [5, 5.41) is 12.3. The number of aliphatic carboxylic acids is 1. The molecule has 1 aromatic carbocycles. The number of halogens is 1. The molecule has 0 radical (unpaired) electrons. The van der Waals surface area contributed by atoms with Crippen LogP contribution in [0.25, 0.3) is 0 Å². The predicted molar refractivity (Wildman–Crippen MR) is 78.7 cm³/mol. The van der Waals surface area contributed by atoms with Gasteiger partial charge in [0.15, 0.2) is 0 Å². The van der Waals surface area contributed by atoms with Gasteiger partial charge in [0.25, 0.3) is 0 Å². The predicted octanol–water partition coefficient (Wildman–Crippen LogP) is 2.40. The lowest BCUT2D eigenvalue weighted by Crippen LogP contribution is -2.55. The average molecular weight is 312 g/mol. The molecule has 0 spiro atoms. The lowest BCUT2D eigenvalue weighted by molar-refractivity contribution is -0.140. The smallest absolute Gasteiger partial charge is 0.305 e. The molecule has 1 aliphatic carbocycles. The third-order valence-corrected chi connectivity index (χ3v) is 4.19. The van der Waals surface area contributed by atoms with E-state index < -0.39 is 11.5 Å². The monoisotopic (exact) mass is 311 g/mol. The SMILES string of the molecule is COc1cccc(Cl)c1CC(=O)NC1(CC(=O)O)CCC1. The van der Waals surface area contributed by atoms with Gasteiger partial charge in [-0.3, -0.25) is 9.59 Å². The first kappa shape index (κ1) is 15.6. The maximum Gasteiger partial charge on any atom is 0.305 e. The van der Waals surface area contributed by atoms with Crippen molar-refractivity contribution in [3.8, 4) is 5.75 Å². The number of benzene rings is 1. The summed E-state index contributed by atoms with van der Waals surface area (Å²) in [5.74, 6) is -0.578. The van der Waals surface area contributed by atoms with E-state index in [9.17, 15) is 9.59 Å². The van der Waals surface area contributed by atoms with Gasteiger partial charge >= 0.3 is 5.97 Å². The molecule has 0 heterocycles. The van der Waals surface area contributed by atoms with Crippen molar-refractivity contribution in [1.82, 2.24) is 5.32 Å². The zero-order valence-electron chi connectivity index (χ0n) is 11.8. The van der Waals surface area contributed by atoms with E-state index in [4.69, 9.17) is 21.4 Å². The fraction of sp³-hybridized carbons (Fsp3) is 0.467. The average Bonchev–Trinajstić information content (AvgIpc) is 2.38. The fourth-order valence-corrected chi connectivity index (χ4v) is 2.87. The van der Waals surface area contributed by atoms with Crippen molar-refractivity contribution in [2.24, 2.45) is 0 Å². The van der Waals surface area contributed by atoms with Crippen molar-refractivity contribution < 1.29 is 19.4 Å². The summed E-state index contributed by atoms with van der Waals surface area (Å²) in [7, 11) is 1.52. The van der Waals surface area contributed by atoms with Crippen molar-refractivity contribution in [3.05, 3.63) is 28.8 Å². The minimum Gasteiger partial charge on any atom is -0.496 e. The Labute approximate surface area is 128 Å². The largest absolute Gasteiger partial charge is 0.496 e. The van der Waals surface area contributed by atoms with Gasteiger partial charge in [-0.1, -0.05) is 17.7 Å². The van der Waals surface area contributed by atoms with Crippen LogP contribution in [0.3, 0.4) is 0 Å². The number of methoxy groups -OCH3 is 1. The van der Waals surface area contributed by atoms with Gasteiger partial charge in [0.1, 0.15) is 5.75 Å². The standard InChI is InChI=1S/C15H18ClNO4/c1-21-12-5-2-4-11(16)10(12)8-13(18)17-15(6-3-7-15)9-14(19)20/h2,4-5H,3,6-9H2,1H3,(H,17,18)(H,19,20). The number of carbonyl (C=O) groups is 2. The van der Waals surface area contributed by atoms with Crippen molar-refractivity contribution in [3.63, 3.8) is 0 Å². The molecule has 0 unspecified atom stereocenters. The second kappa shape index (κ2) is 6.35. The van der Waals surface area contributed by atoms with Crippen LogP contribution in [0.1, 0.15) is 31.2 Å². The van der Waals surface area contributed by atoms with Crippen molar-refractivity contribution in [2.45, 2.75) is 37.6 Å². The Morgan fingerprint density at radius 2 is 2.14 bits per heavy atom. The van der Waals surface area contributed by atoms with Crippen LogP contribution in [0.15, 0.2) is 18.2 Å². The first-order chi connectivity index (χ1) is 9.96. The number of ether oxygens (including phenoxy) is 1. The van der Waals surface area contributed by atoms with Gasteiger partial charge in [0.2, 0.25) is 5.91 Å². The zero-order valence-corrected chi connectivity index (χ0v) is 12.6. The summed E-state index contributed by atoms with van der Waals surface area (Å²) in [5.41, 5.74) is 0.0150. The quantitative estimate of drug-likeness (QED) is 0.846. The van der Waals surface area contributed by atoms with E-state index in [0.717, 1.165) is 6.42 Å². The Morgan fingerprint density at radius 1 is 1.43 bits per heavy atom. The summed E-state index contributed by atoms with van der Waals surface area (Å²) < 4.78 is 5.20. The van der Waals surface area contributed by atoms with Crippen molar-refractivity contribution in [2.75, 3.05) is 7.11 Å². The number of amides is 1. The van der Waals surface area contributed by atoms with Gasteiger partial charge in [-0.25, -0.2) is 0 Å².